The fourth-order valence-corrected chi connectivity index (χ4v) is 5.99. The van der Waals surface area contributed by atoms with Crippen LogP contribution in [-0.2, 0) is 28.8 Å². The minimum Gasteiger partial charge on any atom is -0.464 e. The number of hydrogen-bond donors (Lipinski definition) is 1. The highest BCUT2D eigenvalue weighted by molar-refractivity contribution is 7.13. The second-order valence-electron chi connectivity index (χ2n) is 9.16. The van der Waals surface area contributed by atoms with Crippen molar-refractivity contribution in [3.8, 4) is 5.19 Å². The number of hydrogen-bond acceptors (Lipinski definition) is 8. The van der Waals surface area contributed by atoms with Crippen LogP contribution in [0.1, 0.15) is 46.6 Å². The lowest BCUT2D eigenvalue weighted by atomic mass is 10.0. The van der Waals surface area contributed by atoms with E-state index in [1.165, 1.54) is 11.3 Å². The van der Waals surface area contributed by atoms with Crippen LogP contribution in [0.4, 0.5) is 8.78 Å². The van der Waals surface area contributed by atoms with Gasteiger partial charge < -0.3 is 19.7 Å². The monoisotopic (exact) mass is 514 g/mol. The zero-order valence-corrected chi connectivity index (χ0v) is 21.3. The average Bonchev–Trinajstić information content (AvgIpc) is 3.32. The number of fused-ring (bicyclic) bond motifs is 1. The van der Waals surface area contributed by atoms with Crippen LogP contribution < -0.4 is 10.1 Å². The first kappa shape index (κ1) is 25.4. The van der Waals surface area contributed by atoms with Gasteiger partial charge in [0.15, 0.2) is 6.61 Å². The van der Waals surface area contributed by atoms with Gasteiger partial charge in [-0.1, -0.05) is 11.3 Å². The van der Waals surface area contributed by atoms with E-state index in [-0.39, 0.29) is 18.1 Å². The summed E-state index contributed by atoms with van der Waals surface area (Å²) in [5.41, 5.74) is 0.975. The molecule has 1 fully saturated rings. The first-order chi connectivity index (χ1) is 16.2. The average molecular weight is 515 g/mol. The Bertz CT molecular complexity index is 929. The Morgan fingerprint density at radius 1 is 1.32 bits per heavy atom. The first-order valence-electron chi connectivity index (χ1n) is 11.8. The highest BCUT2D eigenvalue weighted by atomic mass is 32.1. The maximum Gasteiger partial charge on any atom is 0.278 e. The van der Waals surface area contributed by atoms with Crippen LogP contribution >= 0.6 is 22.7 Å². The van der Waals surface area contributed by atoms with Crippen molar-refractivity contribution >= 4 is 28.6 Å². The lowest BCUT2D eigenvalue weighted by Gasteiger charge is -2.31. The third-order valence-corrected chi connectivity index (χ3v) is 8.02. The molecule has 0 aromatic carbocycles. The Morgan fingerprint density at radius 2 is 2.15 bits per heavy atom. The molecular formula is C23H32F2N4O3S2. The van der Waals surface area contributed by atoms with Crippen molar-refractivity contribution in [1.29, 1.82) is 0 Å². The van der Waals surface area contributed by atoms with Crippen LogP contribution in [0.15, 0.2) is 6.20 Å². The maximum absolute atomic E-state index is 13.0. The molecule has 188 valence electrons. The lowest BCUT2D eigenvalue weighted by molar-refractivity contribution is -0.122. The molecule has 1 amide bonds. The highest BCUT2D eigenvalue weighted by Gasteiger charge is 2.26. The van der Waals surface area contributed by atoms with Gasteiger partial charge in [0.05, 0.1) is 35.9 Å². The summed E-state index contributed by atoms with van der Waals surface area (Å²) >= 11 is 2.94. The second kappa shape index (κ2) is 11.4. The first-order valence-corrected chi connectivity index (χ1v) is 13.4. The summed E-state index contributed by atoms with van der Waals surface area (Å²) in [5.74, 6) is -2.83. The van der Waals surface area contributed by atoms with E-state index < -0.39 is 12.5 Å². The molecule has 0 unspecified atom stereocenters. The van der Waals surface area contributed by atoms with Crippen molar-refractivity contribution in [2.75, 3.05) is 32.8 Å². The molecule has 0 aliphatic carbocycles. The molecule has 11 heteroatoms. The molecule has 0 saturated carbocycles. The topological polar surface area (TPSA) is 76.6 Å². The number of carbonyl (C=O) groups excluding carboxylic acids is 1. The smallest absolute Gasteiger partial charge is 0.278 e. The summed E-state index contributed by atoms with van der Waals surface area (Å²) in [6, 6.07) is 0.0714. The van der Waals surface area contributed by atoms with Crippen molar-refractivity contribution in [3.63, 3.8) is 0 Å². The molecule has 0 radical (unpaired) electrons. The van der Waals surface area contributed by atoms with Crippen LogP contribution in [0.2, 0.25) is 0 Å². The number of nitrogens with zero attached hydrogens (tertiary/aromatic N) is 3. The van der Waals surface area contributed by atoms with E-state index in [0.717, 1.165) is 79.1 Å². The van der Waals surface area contributed by atoms with Gasteiger partial charge in [-0.15, -0.1) is 11.3 Å². The number of aryl methyl sites for hydroxylation is 1. The number of thiazole rings is 2. The van der Waals surface area contributed by atoms with Crippen molar-refractivity contribution in [1.82, 2.24) is 20.2 Å². The normalized spacial score (nSPS) is 21.6. The van der Waals surface area contributed by atoms with Crippen LogP contribution in [-0.4, -0.2) is 71.7 Å². The Morgan fingerprint density at radius 3 is 2.85 bits per heavy atom. The zero-order valence-electron chi connectivity index (χ0n) is 19.6. The molecule has 4 rings (SSSR count). The number of ether oxygens (including phenoxy) is 2. The number of rotatable bonds is 9. The zero-order chi connectivity index (χ0) is 24.1. The molecule has 34 heavy (non-hydrogen) atoms. The fraction of sp³-hybridized carbons (Fsp3) is 0.696. The number of halogens is 2. The largest absolute Gasteiger partial charge is 0.464 e. The quantitative estimate of drug-likeness (QED) is 0.551. The van der Waals surface area contributed by atoms with Gasteiger partial charge >= 0.3 is 0 Å². The van der Waals surface area contributed by atoms with Gasteiger partial charge in [-0.3, -0.25) is 4.79 Å². The summed E-state index contributed by atoms with van der Waals surface area (Å²) in [4.78, 5) is 25.4. The van der Waals surface area contributed by atoms with Crippen molar-refractivity contribution < 1.29 is 23.0 Å². The van der Waals surface area contributed by atoms with Crippen molar-refractivity contribution in [3.05, 3.63) is 26.7 Å². The summed E-state index contributed by atoms with van der Waals surface area (Å²) in [6.07, 6.45) is 6.85. The SMILES string of the molecule is Cc1ncc(CC(=O)N[C@H]2CC[C@H](CCN3CCc4nc(OCC(C)(F)F)sc4CC3)OC2)s1. The Labute approximate surface area is 206 Å². The predicted molar refractivity (Wildman–Crippen MR) is 128 cm³/mol. The van der Waals surface area contributed by atoms with Gasteiger partial charge in [0.2, 0.25) is 5.91 Å². The summed E-state index contributed by atoms with van der Waals surface area (Å²) in [5, 5.41) is 4.41. The molecule has 2 aliphatic heterocycles. The van der Waals surface area contributed by atoms with Crippen LogP contribution in [0, 0.1) is 6.92 Å². The van der Waals surface area contributed by atoms with Crippen LogP contribution in [0.5, 0.6) is 5.19 Å². The van der Waals surface area contributed by atoms with E-state index in [1.807, 2.05) is 6.92 Å². The van der Waals surface area contributed by atoms with Gasteiger partial charge in [-0.05, 0) is 32.6 Å². The third-order valence-electron chi connectivity index (χ3n) is 6.03. The lowest BCUT2D eigenvalue weighted by Crippen LogP contribution is -2.44. The molecule has 1 N–H and O–H groups in total. The number of nitrogens with one attached hydrogen (secondary N) is 1. The number of carbonyl (C=O) groups is 1. The van der Waals surface area contributed by atoms with Crippen molar-refractivity contribution in [2.24, 2.45) is 0 Å². The van der Waals surface area contributed by atoms with E-state index in [0.29, 0.717) is 18.2 Å². The Balaban J connectivity index is 1.13. The van der Waals surface area contributed by atoms with E-state index in [9.17, 15) is 13.6 Å². The summed E-state index contributed by atoms with van der Waals surface area (Å²) < 4.78 is 37.3. The molecular weight excluding hydrogens is 482 g/mol. The fourth-order valence-electron chi connectivity index (χ4n) is 4.26. The molecule has 2 atom stereocenters. The molecule has 2 aromatic rings. The molecule has 2 aromatic heterocycles. The van der Waals surface area contributed by atoms with Gasteiger partial charge in [-0.2, -0.15) is 0 Å². The molecule has 2 aliphatic rings. The molecule has 7 nitrogen and oxygen atoms in total. The summed E-state index contributed by atoms with van der Waals surface area (Å²) in [6.45, 7) is 5.47. The van der Waals surface area contributed by atoms with E-state index in [1.54, 1.807) is 17.5 Å². The van der Waals surface area contributed by atoms with Gasteiger partial charge in [0.25, 0.3) is 11.1 Å². The Kier molecular flexibility index (Phi) is 8.49. The van der Waals surface area contributed by atoms with Crippen molar-refractivity contribution in [2.45, 2.75) is 70.4 Å². The molecule has 0 spiro atoms. The van der Waals surface area contributed by atoms with Gasteiger partial charge in [0, 0.05) is 48.9 Å². The second-order valence-corrected chi connectivity index (χ2v) is 11.5. The van der Waals surface area contributed by atoms with Crippen LogP contribution in [0.25, 0.3) is 0 Å². The van der Waals surface area contributed by atoms with Gasteiger partial charge in [0.1, 0.15) is 0 Å². The molecule has 4 heterocycles. The third kappa shape index (κ3) is 7.66. The van der Waals surface area contributed by atoms with E-state index in [4.69, 9.17) is 9.47 Å². The van der Waals surface area contributed by atoms with E-state index in [2.05, 4.69) is 20.2 Å². The Hall–Kier alpha value is -1.69. The standard InChI is InChI=1S/C23H32F2N4O3S2/c1-15-26-12-18(33-15)11-21(30)27-16-3-4-17(31-13-16)5-8-29-9-6-19-20(7-10-29)34-22(28-19)32-14-23(2,24)25/h12,16-17H,3-11,13-14H2,1-2H3,(H,27,30)/t16-,17+/m0/s1. The number of aromatic nitrogens is 2. The maximum atomic E-state index is 13.0. The predicted octanol–water partition coefficient (Wildman–Crippen LogP) is 3.64. The summed E-state index contributed by atoms with van der Waals surface area (Å²) in [7, 11) is 0. The number of alkyl halides is 2. The minimum atomic E-state index is -2.85. The molecule has 1 saturated heterocycles. The highest BCUT2D eigenvalue weighted by Crippen LogP contribution is 2.29. The van der Waals surface area contributed by atoms with Crippen LogP contribution in [0.3, 0.4) is 0 Å². The van der Waals surface area contributed by atoms with Gasteiger partial charge in [-0.25, -0.2) is 18.7 Å². The van der Waals surface area contributed by atoms with E-state index >= 15 is 0 Å². The minimum absolute atomic E-state index is 0.0262. The number of amides is 1. The molecule has 0 bridgehead atoms.